The number of carbonyl (C=O) groups excluding carboxylic acids is 1. The Morgan fingerprint density at radius 1 is 1.42 bits per heavy atom. The highest BCUT2D eigenvalue weighted by atomic mass is 35.5. The molecule has 0 saturated carbocycles. The number of amides is 1. The van der Waals surface area contributed by atoms with Gasteiger partial charge < -0.3 is 14.8 Å². The van der Waals surface area contributed by atoms with Gasteiger partial charge in [0.2, 0.25) is 5.91 Å². The zero-order chi connectivity index (χ0) is 18.3. The van der Waals surface area contributed by atoms with Gasteiger partial charge in [-0.3, -0.25) is 4.79 Å². The molecule has 5 nitrogen and oxygen atoms in total. The van der Waals surface area contributed by atoms with E-state index in [1.165, 1.54) is 10.9 Å². The predicted molar refractivity (Wildman–Crippen MR) is 101 cm³/mol. The van der Waals surface area contributed by atoms with Crippen LogP contribution in [-0.2, 0) is 17.6 Å². The Morgan fingerprint density at radius 3 is 3.04 bits per heavy atom. The second-order valence-corrected chi connectivity index (χ2v) is 7.46. The molecule has 3 aromatic rings. The summed E-state index contributed by atoms with van der Waals surface area (Å²) in [6.07, 6.45) is 4.10. The molecule has 2 heterocycles. The predicted octanol–water partition coefficient (Wildman–Crippen LogP) is 4.55. The fourth-order valence-corrected chi connectivity index (χ4v) is 4.12. The summed E-state index contributed by atoms with van der Waals surface area (Å²) in [7, 11) is 0. The third kappa shape index (κ3) is 3.12. The maximum Gasteiger partial charge on any atom is 0.220 e. The fraction of sp³-hybridized carbons (Fsp3) is 0.400. The Balaban J connectivity index is 1.49. The SMILES string of the molecule is Cc1noc(C)c1CCC(=O)N[C@H]1CCCc2c1[nH]c1ccc(Cl)cc21. The summed E-state index contributed by atoms with van der Waals surface area (Å²) in [5.74, 6) is 0.849. The summed E-state index contributed by atoms with van der Waals surface area (Å²) >= 11 is 6.16. The minimum Gasteiger partial charge on any atom is -0.361 e. The van der Waals surface area contributed by atoms with Crippen LogP contribution in [0.2, 0.25) is 5.02 Å². The number of nitrogens with zero attached hydrogens (tertiary/aromatic N) is 1. The lowest BCUT2D eigenvalue weighted by atomic mass is 9.91. The topological polar surface area (TPSA) is 70.9 Å². The standard InChI is InChI=1S/C20H22ClN3O2/c1-11-14(12(2)26-24-11)7-9-19(25)22-18-5-3-4-15-16-10-13(21)6-8-17(16)23-20(15)18/h6,8,10,18,23H,3-5,7,9H2,1-2H3,(H,22,25)/t18-/m0/s1. The number of nitrogens with one attached hydrogen (secondary N) is 2. The molecule has 6 heteroatoms. The molecule has 0 saturated heterocycles. The summed E-state index contributed by atoms with van der Waals surface area (Å²) in [6, 6.07) is 5.94. The summed E-state index contributed by atoms with van der Waals surface area (Å²) in [5.41, 5.74) is 5.38. The second kappa shape index (κ2) is 6.80. The first-order chi connectivity index (χ1) is 12.5. The molecule has 1 atom stereocenters. The summed E-state index contributed by atoms with van der Waals surface area (Å²) in [4.78, 5) is 16.0. The Labute approximate surface area is 157 Å². The van der Waals surface area contributed by atoms with Crippen LogP contribution in [0.3, 0.4) is 0 Å². The van der Waals surface area contributed by atoms with Crippen molar-refractivity contribution in [1.82, 2.24) is 15.5 Å². The molecule has 0 unspecified atom stereocenters. The van der Waals surface area contributed by atoms with E-state index in [1.807, 2.05) is 32.0 Å². The van der Waals surface area contributed by atoms with E-state index in [-0.39, 0.29) is 11.9 Å². The Bertz CT molecular complexity index is 954. The van der Waals surface area contributed by atoms with Gasteiger partial charge in [0.25, 0.3) is 0 Å². The lowest BCUT2D eigenvalue weighted by Gasteiger charge is -2.24. The molecule has 0 bridgehead atoms. The molecular weight excluding hydrogens is 350 g/mol. The van der Waals surface area contributed by atoms with E-state index < -0.39 is 0 Å². The third-order valence-corrected chi connectivity index (χ3v) is 5.52. The van der Waals surface area contributed by atoms with Crippen molar-refractivity contribution in [2.24, 2.45) is 0 Å². The molecule has 1 aliphatic carbocycles. The quantitative estimate of drug-likeness (QED) is 0.706. The number of hydrogen-bond acceptors (Lipinski definition) is 3. The van der Waals surface area contributed by atoms with Gasteiger partial charge in [-0.2, -0.15) is 0 Å². The van der Waals surface area contributed by atoms with Gasteiger partial charge in [-0.05, 0) is 63.3 Å². The number of hydrogen-bond donors (Lipinski definition) is 2. The minimum absolute atomic E-state index is 0.0297. The zero-order valence-electron chi connectivity index (χ0n) is 15.0. The van der Waals surface area contributed by atoms with Crippen LogP contribution in [0.5, 0.6) is 0 Å². The van der Waals surface area contributed by atoms with Crippen LogP contribution in [0.4, 0.5) is 0 Å². The number of aryl methyl sites for hydroxylation is 3. The van der Waals surface area contributed by atoms with Gasteiger partial charge in [-0.15, -0.1) is 0 Å². The highest BCUT2D eigenvalue weighted by molar-refractivity contribution is 6.31. The molecule has 0 radical (unpaired) electrons. The number of aromatic amines is 1. The van der Waals surface area contributed by atoms with Crippen molar-refractivity contribution in [3.63, 3.8) is 0 Å². The maximum atomic E-state index is 12.5. The van der Waals surface area contributed by atoms with Gasteiger partial charge in [0.1, 0.15) is 5.76 Å². The molecule has 136 valence electrons. The highest BCUT2D eigenvalue weighted by Crippen LogP contribution is 2.35. The first kappa shape index (κ1) is 17.2. The van der Waals surface area contributed by atoms with Crippen LogP contribution in [0, 0.1) is 13.8 Å². The first-order valence-electron chi connectivity index (χ1n) is 9.04. The number of halogens is 1. The summed E-state index contributed by atoms with van der Waals surface area (Å²) in [6.45, 7) is 3.79. The van der Waals surface area contributed by atoms with E-state index in [2.05, 4.69) is 15.5 Å². The van der Waals surface area contributed by atoms with Crippen LogP contribution >= 0.6 is 11.6 Å². The summed E-state index contributed by atoms with van der Waals surface area (Å²) < 4.78 is 5.17. The van der Waals surface area contributed by atoms with E-state index in [4.69, 9.17) is 16.1 Å². The summed E-state index contributed by atoms with van der Waals surface area (Å²) in [5, 5.41) is 9.06. The van der Waals surface area contributed by atoms with Crippen molar-refractivity contribution in [1.29, 1.82) is 0 Å². The first-order valence-corrected chi connectivity index (χ1v) is 9.42. The zero-order valence-corrected chi connectivity index (χ0v) is 15.7. The van der Waals surface area contributed by atoms with Crippen molar-refractivity contribution in [3.8, 4) is 0 Å². The smallest absolute Gasteiger partial charge is 0.220 e. The van der Waals surface area contributed by atoms with E-state index >= 15 is 0 Å². The van der Waals surface area contributed by atoms with Crippen LogP contribution in [0.15, 0.2) is 22.7 Å². The van der Waals surface area contributed by atoms with Gasteiger partial charge in [-0.25, -0.2) is 0 Å². The van der Waals surface area contributed by atoms with Crippen molar-refractivity contribution in [3.05, 3.63) is 51.5 Å². The van der Waals surface area contributed by atoms with Crippen molar-refractivity contribution in [2.45, 2.75) is 52.0 Å². The van der Waals surface area contributed by atoms with Crippen LogP contribution in [-0.4, -0.2) is 16.0 Å². The Hall–Kier alpha value is -2.27. The second-order valence-electron chi connectivity index (χ2n) is 7.02. The lowest BCUT2D eigenvalue weighted by molar-refractivity contribution is -0.121. The average molecular weight is 372 g/mol. The lowest BCUT2D eigenvalue weighted by Crippen LogP contribution is -2.31. The molecule has 26 heavy (non-hydrogen) atoms. The number of benzene rings is 1. The van der Waals surface area contributed by atoms with E-state index in [9.17, 15) is 4.79 Å². The molecule has 0 spiro atoms. The van der Waals surface area contributed by atoms with E-state index in [0.29, 0.717) is 12.8 Å². The van der Waals surface area contributed by atoms with Crippen molar-refractivity contribution >= 4 is 28.4 Å². The van der Waals surface area contributed by atoms with Gasteiger partial charge in [0.15, 0.2) is 0 Å². The fourth-order valence-electron chi connectivity index (χ4n) is 3.94. The molecule has 1 aromatic carbocycles. The molecule has 2 aromatic heterocycles. The van der Waals surface area contributed by atoms with Crippen LogP contribution in [0.1, 0.15) is 53.6 Å². The molecule has 0 fully saturated rings. The number of rotatable bonds is 4. The normalized spacial score (nSPS) is 16.7. The van der Waals surface area contributed by atoms with Gasteiger partial charge in [0.05, 0.1) is 11.7 Å². The van der Waals surface area contributed by atoms with Crippen LogP contribution in [0.25, 0.3) is 10.9 Å². The van der Waals surface area contributed by atoms with Crippen molar-refractivity contribution < 1.29 is 9.32 Å². The Morgan fingerprint density at radius 2 is 2.27 bits per heavy atom. The van der Waals surface area contributed by atoms with Gasteiger partial charge >= 0.3 is 0 Å². The largest absolute Gasteiger partial charge is 0.361 e. The van der Waals surface area contributed by atoms with E-state index in [1.54, 1.807) is 0 Å². The van der Waals surface area contributed by atoms with Crippen molar-refractivity contribution in [2.75, 3.05) is 0 Å². The molecule has 0 aliphatic heterocycles. The molecule has 2 N–H and O–H groups in total. The Kier molecular flexibility index (Phi) is 4.49. The average Bonchev–Trinajstić information content (AvgIpc) is 3.14. The minimum atomic E-state index is 0.0297. The number of carbonyl (C=O) groups is 1. The molecule has 1 amide bonds. The number of aromatic nitrogens is 2. The molecule has 4 rings (SSSR count). The molecular formula is C20H22ClN3O2. The highest BCUT2D eigenvalue weighted by Gasteiger charge is 2.25. The third-order valence-electron chi connectivity index (χ3n) is 5.29. The number of H-pyrrole nitrogens is 1. The van der Waals surface area contributed by atoms with Gasteiger partial charge in [0, 0.05) is 33.6 Å². The maximum absolute atomic E-state index is 12.5. The van der Waals surface area contributed by atoms with Gasteiger partial charge in [-0.1, -0.05) is 16.8 Å². The monoisotopic (exact) mass is 371 g/mol. The number of fused-ring (bicyclic) bond motifs is 3. The van der Waals surface area contributed by atoms with Crippen LogP contribution < -0.4 is 5.32 Å². The molecule has 1 aliphatic rings. The van der Waals surface area contributed by atoms with E-state index in [0.717, 1.165) is 52.5 Å².